The molecule has 0 amide bonds. The minimum absolute atomic E-state index is 0.282. The van der Waals surface area contributed by atoms with Gasteiger partial charge in [-0.05, 0) is 6.42 Å². The lowest BCUT2D eigenvalue weighted by Crippen LogP contribution is -2.40. The van der Waals surface area contributed by atoms with Crippen LogP contribution in [0.2, 0.25) is 0 Å². The summed E-state index contributed by atoms with van der Waals surface area (Å²) in [6.07, 6.45) is 0.409. The Bertz CT molecular complexity index is 191. The van der Waals surface area contributed by atoms with Crippen LogP contribution in [-0.4, -0.2) is 29.7 Å². The van der Waals surface area contributed by atoms with Gasteiger partial charge in [-0.25, -0.2) is 0 Å². The topological polar surface area (TPSA) is 89.6 Å². The number of aliphatic carboxylic acids is 1. The lowest BCUT2D eigenvalue weighted by Gasteiger charge is -2.09. The molecule has 2 unspecified atom stereocenters. The number of nitrogens with two attached hydrogens (primary N) is 1. The zero-order valence-corrected chi connectivity index (χ0v) is 5.82. The Hall–Kier alpha value is -1.10. The number of carboxylic acids is 1. The molecule has 0 saturated carbocycles. The van der Waals surface area contributed by atoms with Gasteiger partial charge in [-0.2, -0.15) is 0 Å². The molecule has 1 fully saturated rings. The van der Waals surface area contributed by atoms with Gasteiger partial charge in [0.05, 0.1) is 12.5 Å². The summed E-state index contributed by atoms with van der Waals surface area (Å²) in [6.45, 7) is 0.282. The van der Waals surface area contributed by atoms with Gasteiger partial charge < -0.3 is 15.6 Å². The van der Waals surface area contributed by atoms with E-state index in [1.807, 2.05) is 0 Å². The Morgan fingerprint density at radius 2 is 2.45 bits per heavy atom. The molecule has 1 aliphatic rings. The van der Waals surface area contributed by atoms with Gasteiger partial charge in [-0.15, -0.1) is 0 Å². The zero-order valence-electron chi connectivity index (χ0n) is 5.82. The highest BCUT2D eigenvalue weighted by Crippen LogP contribution is 2.16. The highest BCUT2D eigenvalue weighted by atomic mass is 16.5. The number of carbonyl (C=O) groups excluding carboxylic acids is 1. The maximum absolute atomic E-state index is 10.8. The molecular formula is C6H9NO4. The van der Waals surface area contributed by atoms with Crippen LogP contribution in [0, 0.1) is 5.92 Å². The van der Waals surface area contributed by atoms with Crippen molar-refractivity contribution in [3.63, 3.8) is 0 Å². The van der Waals surface area contributed by atoms with E-state index >= 15 is 0 Å². The summed E-state index contributed by atoms with van der Waals surface area (Å²) in [7, 11) is 0. The highest BCUT2D eigenvalue weighted by molar-refractivity contribution is 5.84. The first kappa shape index (κ1) is 8.00. The van der Waals surface area contributed by atoms with Crippen molar-refractivity contribution in [1.29, 1.82) is 0 Å². The molecule has 5 nitrogen and oxygen atoms in total. The average Bonchev–Trinajstić information content (AvgIpc) is 2.33. The van der Waals surface area contributed by atoms with E-state index in [0.29, 0.717) is 6.42 Å². The van der Waals surface area contributed by atoms with Crippen LogP contribution in [0.5, 0.6) is 0 Å². The van der Waals surface area contributed by atoms with Crippen LogP contribution in [0.4, 0.5) is 0 Å². The van der Waals surface area contributed by atoms with E-state index in [2.05, 4.69) is 4.74 Å². The third-order valence-corrected chi connectivity index (χ3v) is 1.69. The Balaban J connectivity index is 2.59. The fraction of sp³-hybridized carbons (Fsp3) is 0.667. The van der Waals surface area contributed by atoms with Crippen LogP contribution >= 0.6 is 0 Å². The summed E-state index contributed by atoms with van der Waals surface area (Å²) in [5.74, 6) is -2.32. The molecule has 62 valence electrons. The second-order valence-corrected chi connectivity index (χ2v) is 2.43. The second-order valence-electron chi connectivity index (χ2n) is 2.43. The van der Waals surface area contributed by atoms with E-state index in [0.717, 1.165) is 0 Å². The summed E-state index contributed by atoms with van der Waals surface area (Å²) >= 11 is 0. The number of rotatable bonds is 2. The average molecular weight is 159 g/mol. The second kappa shape index (κ2) is 2.87. The number of hydrogen-bond donors (Lipinski definition) is 2. The molecule has 0 aromatic heterocycles. The predicted octanol–water partition coefficient (Wildman–Crippen LogP) is -1.04. The van der Waals surface area contributed by atoms with Crippen LogP contribution in [0.25, 0.3) is 0 Å². The molecule has 1 saturated heterocycles. The van der Waals surface area contributed by atoms with Gasteiger partial charge in [0.15, 0.2) is 0 Å². The van der Waals surface area contributed by atoms with Crippen molar-refractivity contribution in [3.8, 4) is 0 Å². The molecule has 3 N–H and O–H groups in total. The molecule has 1 rings (SSSR count). The Morgan fingerprint density at radius 1 is 1.82 bits per heavy atom. The van der Waals surface area contributed by atoms with Crippen molar-refractivity contribution in [1.82, 2.24) is 0 Å². The van der Waals surface area contributed by atoms with Crippen molar-refractivity contribution in [2.75, 3.05) is 6.61 Å². The fourth-order valence-corrected chi connectivity index (χ4v) is 1.01. The van der Waals surface area contributed by atoms with Crippen LogP contribution in [0.1, 0.15) is 6.42 Å². The first-order valence-electron chi connectivity index (χ1n) is 3.28. The maximum Gasteiger partial charge on any atom is 0.321 e. The SMILES string of the molecule is NC(C(=O)O)C1CCOC1=O. The van der Waals surface area contributed by atoms with Crippen LogP contribution in [-0.2, 0) is 14.3 Å². The van der Waals surface area contributed by atoms with E-state index in [4.69, 9.17) is 10.8 Å². The normalized spacial score (nSPS) is 26.3. The molecule has 5 heteroatoms. The smallest absolute Gasteiger partial charge is 0.321 e. The number of cyclic esters (lactones) is 1. The molecule has 0 radical (unpaired) electrons. The van der Waals surface area contributed by atoms with Gasteiger partial charge in [-0.3, -0.25) is 9.59 Å². The van der Waals surface area contributed by atoms with Crippen molar-refractivity contribution in [2.24, 2.45) is 11.7 Å². The summed E-state index contributed by atoms with van der Waals surface area (Å²) in [4.78, 5) is 21.1. The molecule has 1 aliphatic heterocycles. The Labute approximate surface area is 63.1 Å². The Morgan fingerprint density at radius 3 is 2.82 bits per heavy atom. The van der Waals surface area contributed by atoms with Gasteiger partial charge in [0, 0.05) is 0 Å². The molecule has 2 atom stereocenters. The third kappa shape index (κ3) is 1.48. The van der Waals surface area contributed by atoms with Gasteiger partial charge >= 0.3 is 11.9 Å². The lowest BCUT2D eigenvalue weighted by molar-refractivity contribution is -0.148. The standard InChI is InChI=1S/C6H9NO4/c7-4(5(8)9)3-1-2-11-6(3)10/h3-4H,1-2,7H2,(H,8,9). The zero-order chi connectivity index (χ0) is 8.43. The van der Waals surface area contributed by atoms with Gasteiger partial charge in [-0.1, -0.05) is 0 Å². The summed E-state index contributed by atoms with van der Waals surface area (Å²) in [6, 6.07) is -1.12. The van der Waals surface area contributed by atoms with Crippen molar-refractivity contribution in [3.05, 3.63) is 0 Å². The van der Waals surface area contributed by atoms with E-state index in [9.17, 15) is 9.59 Å². The summed E-state index contributed by atoms with van der Waals surface area (Å²) < 4.78 is 4.55. The number of carboxylic acid groups (broad SMARTS) is 1. The Kier molecular flexibility index (Phi) is 2.09. The van der Waals surface area contributed by atoms with Gasteiger partial charge in [0.2, 0.25) is 0 Å². The van der Waals surface area contributed by atoms with Crippen LogP contribution in [0.3, 0.4) is 0 Å². The molecule has 0 bridgehead atoms. The van der Waals surface area contributed by atoms with Crippen LogP contribution < -0.4 is 5.73 Å². The monoisotopic (exact) mass is 159 g/mol. The molecule has 0 aliphatic carbocycles. The number of ether oxygens (including phenoxy) is 1. The number of hydrogen-bond acceptors (Lipinski definition) is 4. The molecule has 0 spiro atoms. The lowest BCUT2D eigenvalue weighted by atomic mass is 10.00. The van der Waals surface area contributed by atoms with Gasteiger partial charge in [0.25, 0.3) is 0 Å². The highest BCUT2D eigenvalue weighted by Gasteiger charge is 2.35. The van der Waals surface area contributed by atoms with Crippen LogP contribution in [0.15, 0.2) is 0 Å². The van der Waals surface area contributed by atoms with E-state index < -0.39 is 23.9 Å². The maximum atomic E-state index is 10.8. The first-order valence-corrected chi connectivity index (χ1v) is 3.28. The largest absolute Gasteiger partial charge is 0.480 e. The summed E-state index contributed by atoms with van der Waals surface area (Å²) in [5, 5.41) is 8.43. The molecule has 11 heavy (non-hydrogen) atoms. The molecular weight excluding hydrogens is 150 g/mol. The van der Waals surface area contributed by atoms with E-state index in [1.54, 1.807) is 0 Å². The quantitative estimate of drug-likeness (QED) is 0.502. The van der Waals surface area contributed by atoms with Crippen molar-refractivity contribution < 1.29 is 19.4 Å². The predicted molar refractivity (Wildman–Crippen MR) is 34.7 cm³/mol. The molecule has 0 aromatic rings. The fourth-order valence-electron chi connectivity index (χ4n) is 1.01. The van der Waals surface area contributed by atoms with Crippen molar-refractivity contribution >= 4 is 11.9 Å². The molecule has 0 aromatic carbocycles. The number of esters is 1. The first-order chi connectivity index (χ1) is 5.13. The minimum Gasteiger partial charge on any atom is -0.480 e. The van der Waals surface area contributed by atoms with Crippen molar-refractivity contribution in [2.45, 2.75) is 12.5 Å². The van der Waals surface area contributed by atoms with Gasteiger partial charge in [0.1, 0.15) is 6.04 Å². The third-order valence-electron chi connectivity index (χ3n) is 1.69. The van der Waals surface area contributed by atoms with E-state index in [1.165, 1.54) is 0 Å². The summed E-state index contributed by atoms with van der Waals surface area (Å²) in [5.41, 5.74) is 5.21. The number of carbonyl (C=O) groups is 2. The molecule has 1 heterocycles. The van der Waals surface area contributed by atoms with E-state index in [-0.39, 0.29) is 6.61 Å². The minimum atomic E-state index is -1.16.